The van der Waals surface area contributed by atoms with Gasteiger partial charge in [-0.1, -0.05) is 281 Å². The average molecular weight is 997 g/mol. The van der Waals surface area contributed by atoms with Crippen LogP contribution in [0.1, 0.15) is 328 Å². The number of rotatable bonds is 58. The number of allylic oxidation sites excluding steroid dienone is 8. The van der Waals surface area contributed by atoms with Crippen LogP contribution in [0.25, 0.3) is 0 Å². The minimum atomic E-state index is -0.682. The molecule has 0 aromatic rings. The van der Waals surface area contributed by atoms with E-state index in [4.69, 9.17) is 4.74 Å². The number of aliphatic hydroxyl groups is 2. The average Bonchev–Trinajstić information content (AvgIpc) is 3.37. The van der Waals surface area contributed by atoms with Gasteiger partial charge in [-0.2, -0.15) is 0 Å². The molecule has 71 heavy (non-hydrogen) atoms. The monoisotopic (exact) mass is 996 g/mol. The normalized spacial score (nSPS) is 12.9. The fourth-order valence-corrected chi connectivity index (χ4v) is 9.53. The highest BCUT2D eigenvalue weighted by Crippen LogP contribution is 2.18. The van der Waals surface area contributed by atoms with Crippen molar-refractivity contribution in [2.45, 2.75) is 341 Å². The van der Waals surface area contributed by atoms with Gasteiger partial charge in [0.1, 0.15) is 0 Å². The first kappa shape index (κ1) is 68.8. The van der Waals surface area contributed by atoms with Crippen LogP contribution in [-0.4, -0.2) is 47.4 Å². The summed E-state index contributed by atoms with van der Waals surface area (Å²) in [4.78, 5) is 24.5. The third-order valence-corrected chi connectivity index (χ3v) is 14.4. The Morgan fingerprint density at radius 1 is 0.408 bits per heavy atom. The SMILES string of the molecule is CCCC/C=C\C/C=C\CCCCCCCC(=O)OCCCCC/C=C\C=C/CCCCCCCCC(=O)NC(CO)C(O)CCCCCCCCCCCCCCCCCCCCCCCCCCC. The number of hydrogen-bond acceptors (Lipinski definition) is 5. The summed E-state index contributed by atoms with van der Waals surface area (Å²) in [5.41, 5.74) is 0. The molecule has 6 heteroatoms. The van der Waals surface area contributed by atoms with E-state index in [9.17, 15) is 19.8 Å². The van der Waals surface area contributed by atoms with Gasteiger partial charge in [0, 0.05) is 12.8 Å². The maximum Gasteiger partial charge on any atom is 0.305 e. The number of carbonyl (C=O) groups excluding carboxylic acids is 2. The Kier molecular flexibility index (Phi) is 58.5. The van der Waals surface area contributed by atoms with Crippen LogP contribution in [0.5, 0.6) is 0 Å². The van der Waals surface area contributed by atoms with E-state index in [2.05, 4.69) is 67.8 Å². The summed E-state index contributed by atoms with van der Waals surface area (Å²) in [6.45, 7) is 4.86. The second-order valence-electron chi connectivity index (χ2n) is 21.4. The Bertz CT molecular complexity index is 1190. The number of aliphatic hydroxyl groups excluding tert-OH is 2. The molecule has 0 aliphatic rings. The van der Waals surface area contributed by atoms with Crippen molar-refractivity contribution in [1.82, 2.24) is 5.32 Å². The van der Waals surface area contributed by atoms with Gasteiger partial charge in [0.15, 0.2) is 0 Å². The van der Waals surface area contributed by atoms with Crippen molar-refractivity contribution in [2.75, 3.05) is 13.2 Å². The molecule has 0 saturated heterocycles. The lowest BCUT2D eigenvalue weighted by atomic mass is 10.0. The van der Waals surface area contributed by atoms with Crippen LogP contribution >= 0.6 is 0 Å². The van der Waals surface area contributed by atoms with E-state index in [0.29, 0.717) is 25.9 Å². The number of esters is 1. The number of unbranched alkanes of at least 4 members (excludes halogenated alkanes) is 40. The van der Waals surface area contributed by atoms with Gasteiger partial charge >= 0.3 is 5.97 Å². The molecular weight excluding hydrogens is 875 g/mol. The van der Waals surface area contributed by atoms with Crippen molar-refractivity contribution in [3.63, 3.8) is 0 Å². The zero-order chi connectivity index (χ0) is 51.4. The topological polar surface area (TPSA) is 95.9 Å². The second kappa shape index (κ2) is 60.4. The largest absolute Gasteiger partial charge is 0.466 e. The summed E-state index contributed by atoms with van der Waals surface area (Å²) < 4.78 is 5.44. The molecule has 0 bridgehead atoms. The number of amides is 1. The zero-order valence-corrected chi connectivity index (χ0v) is 47.5. The molecule has 0 rings (SSSR count). The van der Waals surface area contributed by atoms with Crippen LogP contribution in [-0.2, 0) is 14.3 Å². The maximum atomic E-state index is 12.5. The van der Waals surface area contributed by atoms with E-state index < -0.39 is 12.1 Å². The molecule has 2 unspecified atom stereocenters. The van der Waals surface area contributed by atoms with Crippen LogP contribution in [0, 0.1) is 0 Å². The minimum Gasteiger partial charge on any atom is -0.466 e. The molecule has 0 radical (unpaired) electrons. The van der Waals surface area contributed by atoms with Crippen molar-refractivity contribution in [3.05, 3.63) is 48.6 Å². The van der Waals surface area contributed by atoms with Crippen molar-refractivity contribution >= 4 is 11.9 Å². The molecule has 0 aromatic carbocycles. The molecule has 0 spiro atoms. The van der Waals surface area contributed by atoms with Crippen molar-refractivity contribution < 1.29 is 24.5 Å². The van der Waals surface area contributed by atoms with Gasteiger partial charge in [-0.05, 0) is 83.5 Å². The Labute approximate surface area is 442 Å². The zero-order valence-electron chi connectivity index (χ0n) is 47.5. The van der Waals surface area contributed by atoms with Gasteiger partial charge in [0.2, 0.25) is 5.91 Å². The van der Waals surface area contributed by atoms with Crippen LogP contribution in [0.15, 0.2) is 48.6 Å². The molecule has 0 heterocycles. The fourth-order valence-electron chi connectivity index (χ4n) is 9.53. The summed E-state index contributed by atoms with van der Waals surface area (Å²) in [6, 6.07) is -0.561. The van der Waals surface area contributed by atoms with Crippen LogP contribution in [0.3, 0.4) is 0 Å². The van der Waals surface area contributed by atoms with E-state index in [1.807, 2.05) is 0 Å². The lowest BCUT2D eigenvalue weighted by Crippen LogP contribution is -2.45. The van der Waals surface area contributed by atoms with Crippen molar-refractivity contribution in [3.8, 4) is 0 Å². The first-order chi connectivity index (χ1) is 35.0. The van der Waals surface area contributed by atoms with E-state index in [1.165, 1.54) is 205 Å². The Hall–Kier alpha value is -2.18. The Balaban J connectivity index is 3.51. The third-order valence-electron chi connectivity index (χ3n) is 14.4. The number of hydrogen-bond donors (Lipinski definition) is 3. The predicted octanol–water partition coefficient (Wildman–Crippen LogP) is 19.7. The number of carbonyl (C=O) groups is 2. The van der Waals surface area contributed by atoms with Crippen molar-refractivity contribution in [2.24, 2.45) is 0 Å². The van der Waals surface area contributed by atoms with Crippen LogP contribution < -0.4 is 5.32 Å². The van der Waals surface area contributed by atoms with Gasteiger partial charge in [0.05, 0.1) is 25.4 Å². The van der Waals surface area contributed by atoms with E-state index in [1.54, 1.807) is 0 Å². The Morgan fingerprint density at radius 3 is 1.20 bits per heavy atom. The van der Waals surface area contributed by atoms with Gasteiger partial charge in [-0.15, -0.1) is 0 Å². The maximum absolute atomic E-state index is 12.5. The smallest absolute Gasteiger partial charge is 0.305 e. The molecule has 2 atom stereocenters. The van der Waals surface area contributed by atoms with Gasteiger partial charge in [0.25, 0.3) is 0 Å². The van der Waals surface area contributed by atoms with Crippen LogP contribution in [0.4, 0.5) is 0 Å². The van der Waals surface area contributed by atoms with Gasteiger partial charge < -0.3 is 20.3 Å². The first-order valence-corrected chi connectivity index (χ1v) is 31.4. The van der Waals surface area contributed by atoms with Crippen molar-refractivity contribution in [1.29, 1.82) is 0 Å². The molecular formula is C65H121NO5. The highest BCUT2D eigenvalue weighted by atomic mass is 16.5. The molecule has 0 fully saturated rings. The molecule has 6 nitrogen and oxygen atoms in total. The Morgan fingerprint density at radius 2 is 0.761 bits per heavy atom. The quantitative estimate of drug-likeness (QED) is 0.0244. The predicted molar refractivity (Wildman–Crippen MR) is 310 cm³/mol. The molecule has 0 aliphatic carbocycles. The third kappa shape index (κ3) is 57.0. The fraction of sp³-hybridized carbons (Fsp3) is 0.846. The number of nitrogens with one attached hydrogen (secondary N) is 1. The molecule has 0 aromatic heterocycles. The lowest BCUT2D eigenvalue weighted by Gasteiger charge is -2.22. The van der Waals surface area contributed by atoms with Gasteiger partial charge in [-0.3, -0.25) is 9.59 Å². The number of ether oxygens (including phenoxy) is 1. The molecule has 0 aliphatic heterocycles. The molecule has 3 N–H and O–H groups in total. The highest BCUT2D eigenvalue weighted by molar-refractivity contribution is 5.76. The molecule has 416 valence electrons. The molecule has 0 saturated carbocycles. The highest BCUT2D eigenvalue weighted by Gasteiger charge is 2.20. The first-order valence-electron chi connectivity index (χ1n) is 31.4. The summed E-state index contributed by atoms with van der Waals surface area (Å²) in [7, 11) is 0. The van der Waals surface area contributed by atoms with E-state index in [0.717, 1.165) is 89.9 Å². The summed E-state index contributed by atoms with van der Waals surface area (Å²) in [6.07, 6.45) is 76.9. The summed E-state index contributed by atoms with van der Waals surface area (Å²) >= 11 is 0. The standard InChI is InChI=1S/C65H121NO5/c1-3-5-7-9-11-13-15-17-19-20-21-22-23-24-25-26-27-28-30-33-37-41-45-49-53-57-63(68)62(61-67)66-64(69)58-54-50-46-42-38-34-31-29-32-36-40-44-48-52-56-60-71-65(70)59-55-51-47-43-39-35-18-16-14-12-10-8-6-4-2/h10,12,16,18,29,32,36,40,62-63,67-68H,3-9,11,13-15,17,19-28,30-31,33-35,37-39,41-61H2,1-2H3,(H,66,69)/b12-10-,18-16-,32-29-,40-36-. The lowest BCUT2D eigenvalue weighted by molar-refractivity contribution is -0.143. The van der Waals surface area contributed by atoms with E-state index >= 15 is 0 Å². The second-order valence-corrected chi connectivity index (χ2v) is 21.4. The minimum absolute atomic E-state index is 0.0360. The van der Waals surface area contributed by atoms with E-state index in [-0.39, 0.29) is 18.5 Å². The summed E-state index contributed by atoms with van der Waals surface area (Å²) in [5.74, 6) is -0.0916. The molecule has 1 amide bonds. The van der Waals surface area contributed by atoms with Crippen LogP contribution in [0.2, 0.25) is 0 Å². The summed E-state index contributed by atoms with van der Waals surface area (Å²) in [5, 5.41) is 23.4. The van der Waals surface area contributed by atoms with Gasteiger partial charge in [-0.25, -0.2) is 0 Å².